The predicted molar refractivity (Wildman–Crippen MR) is 93.2 cm³/mol. The minimum atomic E-state index is -4.00. The summed E-state index contributed by atoms with van der Waals surface area (Å²) in [6.45, 7) is 0.295. The van der Waals surface area contributed by atoms with Gasteiger partial charge < -0.3 is 5.11 Å². The Hall–Kier alpha value is -3.06. The normalized spacial score (nSPS) is 15.7. The van der Waals surface area contributed by atoms with E-state index in [-0.39, 0.29) is 18.0 Å². The topological polar surface area (TPSA) is 128 Å². The fourth-order valence-corrected chi connectivity index (χ4v) is 3.83. The van der Waals surface area contributed by atoms with Gasteiger partial charge in [0.1, 0.15) is 12.3 Å². The molecule has 136 valence electrons. The molecule has 10 heteroatoms. The van der Waals surface area contributed by atoms with E-state index in [0.29, 0.717) is 18.5 Å². The molecule has 1 aromatic carbocycles. The van der Waals surface area contributed by atoms with Crippen molar-refractivity contribution in [2.24, 2.45) is 0 Å². The highest BCUT2D eigenvalue weighted by molar-refractivity contribution is 7.92. The van der Waals surface area contributed by atoms with Gasteiger partial charge in [0.15, 0.2) is 0 Å². The Morgan fingerprint density at radius 3 is 2.81 bits per heavy atom. The number of carbonyl (C=O) groups excluding carboxylic acids is 1. The largest absolute Gasteiger partial charge is 0.506 e. The van der Waals surface area contributed by atoms with Gasteiger partial charge in [0.05, 0.1) is 18.0 Å². The molecule has 1 fully saturated rings. The smallest absolute Gasteiger partial charge is 0.326 e. The molecule has 1 aliphatic heterocycles. The number of benzene rings is 1. The van der Waals surface area contributed by atoms with Crippen molar-refractivity contribution < 1.29 is 18.3 Å². The summed E-state index contributed by atoms with van der Waals surface area (Å²) < 4.78 is 28.4. The van der Waals surface area contributed by atoms with Crippen molar-refractivity contribution in [2.45, 2.75) is 25.8 Å². The number of unbranched alkanes of at least 4 members (excludes halogenated alkanes) is 2. The van der Waals surface area contributed by atoms with Crippen LogP contribution in [0.3, 0.4) is 0 Å². The number of nitriles is 1. The standard InChI is InChI=1S/C16H17N5O4S/c17-6-2-1-3-7-20-10-13(9-18-20)12-4-5-15(22)14(8-12)21-11-16(23)19-26(21,24)25/h4-5,8-10,22H,1-3,7,11H2,(H,19,23). The number of aromatic hydroxyl groups is 1. The van der Waals surface area contributed by atoms with E-state index in [9.17, 15) is 18.3 Å². The molecule has 1 aromatic heterocycles. The number of rotatable bonds is 6. The maximum atomic E-state index is 12.0. The highest BCUT2D eigenvalue weighted by Gasteiger charge is 2.35. The van der Waals surface area contributed by atoms with Crippen LogP contribution in [0.5, 0.6) is 5.75 Å². The predicted octanol–water partition coefficient (Wildman–Crippen LogP) is 1.13. The summed E-state index contributed by atoms with van der Waals surface area (Å²) in [5.41, 5.74) is 1.45. The number of anilines is 1. The fourth-order valence-electron chi connectivity index (χ4n) is 2.68. The van der Waals surface area contributed by atoms with E-state index >= 15 is 0 Å². The first-order chi connectivity index (χ1) is 12.4. The highest BCUT2D eigenvalue weighted by atomic mass is 32.2. The summed E-state index contributed by atoms with van der Waals surface area (Å²) in [5, 5.41) is 22.8. The lowest BCUT2D eigenvalue weighted by Crippen LogP contribution is -2.29. The molecule has 0 spiro atoms. The van der Waals surface area contributed by atoms with Gasteiger partial charge in [-0.05, 0) is 30.5 Å². The molecule has 0 saturated carbocycles. The molecule has 2 aromatic rings. The van der Waals surface area contributed by atoms with Gasteiger partial charge in [0.25, 0.3) is 5.91 Å². The zero-order valence-corrected chi connectivity index (χ0v) is 14.6. The Bertz CT molecular complexity index is 977. The zero-order chi connectivity index (χ0) is 18.7. The summed E-state index contributed by atoms with van der Waals surface area (Å²) in [6.07, 6.45) is 5.58. The minimum Gasteiger partial charge on any atom is -0.506 e. The first-order valence-corrected chi connectivity index (χ1v) is 9.41. The van der Waals surface area contributed by atoms with Crippen molar-refractivity contribution in [1.29, 1.82) is 5.26 Å². The molecule has 0 aliphatic carbocycles. The van der Waals surface area contributed by atoms with Crippen molar-refractivity contribution in [2.75, 3.05) is 10.8 Å². The second kappa shape index (κ2) is 7.05. The Kier molecular flexibility index (Phi) is 4.81. The molecular weight excluding hydrogens is 358 g/mol. The SMILES string of the molecule is N#CCCCCn1cc(-c2ccc(O)c(N3CC(=O)NS3(=O)=O)c2)cn1. The van der Waals surface area contributed by atoms with Gasteiger partial charge in [-0.15, -0.1) is 0 Å². The van der Waals surface area contributed by atoms with Crippen LogP contribution < -0.4 is 9.03 Å². The average molecular weight is 375 g/mol. The molecule has 2 heterocycles. The summed E-state index contributed by atoms with van der Waals surface area (Å²) in [7, 11) is -4.00. The van der Waals surface area contributed by atoms with Gasteiger partial charge in [0.2, 0.25) is 0 Å². The van der Waals surface area contributed by atoms with Crippen molar-refractivity contribution in [3.8, 4) is 22.9 Å². The maximum absolute atomic E-state index is 12.0. The van der Waals surface area contributed by atoms with Gasteiger partial charge in [-0.3, -0.25) is 9.48 Å². The number of carbonyl (C=O) groups is 1. The minimum absolute atomic E-state index is 0.0302. The molecule has 3 rings (SSSR count). The van der Waals surface area contributed by atoms with Crippen molar-refractivity contribution in [1.82, 2.24) is 14.5 Å². The molecule has 1 saturated heterocycles. The Morgan fingerprint density at radius 1 is 1.31 bits per heavy atom. The van der Waals surface area contributed by atoms with Gasteiger partial charge >= 0.3 is 10.2 Å². The maximum Gasteiger partial charge on any atom is 0.326 e. The molecule has 26 heavy (non-hydrogen) atoms. The Morgan fingerprint density at radius 2 is 2.12 bits per heavy atom. The number of nitrogens with one attached hydrogen (secondary N) is 1. The lowest BCUT2D eigenvalue weighted by atomic mass is 10.1. The monoisotopic (exact) mass is 375 g/mol. The summed E-state index contributed by atoms with van der Waals surface area (Å²) in [6, 6.07) is 6.63. The van der Waals surface area contributed by atoms with Crippen LogP contribution in [0.15, 0.2) is 30.6 Å². The van der Waals surface area contributed by atoms with E-state index in [1.54, 1.807) is 16.9 Å². The second-order valence-electron chi connectivity index (χ2n) is 5.85. The van der Waals surface area contributed by atoms with Gasteiger partial charge in [-0.25, -0.2) is 9.03 Å². The Balaban J connectivity index is 1.83. The van der Waals surface area contributed by atoms with Crippen LogP contribution in [0.25, 0.3) is 11.1 Å². The third-order valence-electron chi connectivity index (χ3n) is 3.96. The van der Waals surface area contributed by atoms with Crippen LogP contribution in [0, 0.1) is 11.3 Å². The average Bonchev–Trinajstić information content (AvgIpc) is 3.16. The first-order valence-electron chi connectivity index (χ1n) is 7.97. The number of phenols is 1. The number of aryl methyl sites for hydroxylation is 1. The molecule has 0 radical (unpaired) electrons. The van der Waals surface area contributed by atoms with Crippen LogP contribution in [0.1, 0.15) is 19.3 Å². The number of amides is 1. The van der Waals surface area contributed by atoms with Gasteiger partial charge in [-0.2, -0.15) is 18.8 Å². The van der Waals surface area contributed by atoms with Gasteiger partial charge in [-0.1, -0.05) is 6.07 Å². The first kappa shape index (κ1) is 17.8. The number of aromatic nitrogens is 2. The van der Waals surface area contributed by atoms with Gasteiger partial charge in [0, 0.05) is 24.7 Å². The van der Waals surface area contributed by atoms with Crippen LogP contribution in [0.4, 0.5) is 5.69 Å². The van der Waals surface area contributed by atoms with E-state index in [1.165, 1.54) is 12.1 Å². The summed E-state index contributed by atoms with van der Waals surface area (Å²) in [4.78, 5) is 11.4. The van der Waals surface area contributed by atoms with E-state index in [4.69, 9.17) is 5.26 Å². The molecule has 1 aliphatic rings. The number of nitrogens with zero attached hydrogens (tertiary/aromatic N) is 4. The zero-order valence-electron chi connectivity index (χ0n) is 13.8. The van der Waals surface area contributed by atoms with Crippen LogP contribution >= 0.6 is 0 Å². The van der Waals surface area contributed by atoms with E-state index in [1.807, 2.05) is 10.9 Å². The second-order valence-corrected chi connectivity index (χ2v) is 7.44. The summed E-state index contributed by atoms with van der Waals surface area (Å²) >= 11 is 0. The molecular formula is C16H17N5O4S. The van der Waals surface area contributed by atoms with Crippen LogP contribution in [-0.4, -0.2) is 35.8 Å². The Labute approximate surface area is 150 Å². The van der Waals surface area contributed by atoms with E-state index in [0.717, 1.165) is 22.7 Å². The van der Waals surface area contributed by atoms with Crippen LogP contribution in [0.2, 0.25) is 0 Å². The lowest BCUT2D eigenvalue weighted by Gasteiger charge is -2.16. The molecule has 0 unspecified atom stereocenters. The van der Waals surface area contributed by atoms with E-state index < -0.39 is 16.1 Å². The molecule has 0 atom stereocenters. The summed E-state index contributed by atoms with van der Waals surface area (Å²) in [5.74, 6) is -0.891. The molecule has 0 bridgehead atoms. The third-order valence-corrected chi connectivity index (χ3v) is 5.35. The molecule has 1 amide bonds. The molecule has 9 nitrogen and oxygen atoms in total. The van der Waals surface area contributed by atoms with E-state index in [2.05, 4.69) is 11.2 Å². The molecule has 2 N–H and O–H groups in total. The fraction of sp³-hybridized carbons (Fsp3) is 0.312. The van der Waals surface area contributed by atoms with Crippen molar-refractivity contribution in [3.63, 3.8) is 0 Å². The lowest BCUT2D eigenvalue weighted by molar-refractivity contribution is -0.117. The third kappa shape index (κ3) is 3.62. The highest BCUT2D eigenvalue weighted by Crippen LogP contribution is 2.34. The van der Waals surface area contributed by atoms with Crippen molar-refractivity contribution >= 4 is 21.8 Å². The number of hydrogen-bond acceptors (Lipinski definition) is 6. The van der Waals surface area contributed by atoms with Crippen LogP contribution in [-0.2, 0) is 21.5 Å². The van der Waals surface area contributed by atoms with Crippen molar-refractivity contribution in [3.05, 3.63) is 30.6 Å². The number of phenolic OH excluding ortho intramolecular Hbond substituents is 1. The number of hydrogen-bond donors (Lipinski definition) is 2. The quantitative estimate of drug-likeness (QED) is 0.728.